The molecule has 0 saturated heterocycles. The molecular weight excluding hydrogens is 460 g/mol. The molecule has 3 rings (SSSR count). The van der Waals surface area contributed by atoms with E-state index < -0.39 is 40.2 Å². The zero-order valence-corrected chi connectivity index (χ0v) is 23.7. The molecule has 1 aromatic carbocycles. The molecule has 0 amide bonds. The van der Waals surface area contributed by atoms with E-state index in [9.17, 15) is 13.2 Å². The van der Waals surface area contributed by atoms with Crippen LogP contribution in [0.5, 0.6) is 0 Å². The van der Waals surface area contributed by atoms with E-state index in [1.54, 1.807) is 24.3 Å². The lowest BCUT2D eigenvalue weighted by molar-refractivity contribution is -0.112. The van der Waals surface area contributed by atoms with E-state index in [1.807, 2.05) is 19.1 Å². The summed E-state index contributed by atoms with van der Waals surface area (Å²) in [5.74, 6) is -0.754. The average molecular weight is 501 g/mol. The van der Waals surface area contributed by atoms with Crippen molar-refractivity contribution in [2.24, 2.45) is 16.7 Å². The minimum atomic E-state index is -3.76. The van der Waals surface area contributed by atoms with Gasteiger partial charge in [0.2, 0.25) is 0 Å². The first kappa shape index (κ1) is 26.8. The molecule has 0 N–H and O–H groups in total. The first-order chi connectivity index (χ1) is 15.4. The number of carbonyl (C=O) groups is 1. The summed E-state index contributed by atoms with van der Waals surface area (Å²) in [6.45, 7) is 21.3. The fourth-order valence-corrected chi connectivity index (χ4v) is 8.59. The average Bonchev–Trinajstić information content (AvgIpc) is 2.72. The molecule has 2 aliphatic rings. The van der Waals surface area contributed by atoms with E-state index >= 15 is 0 Å². The summed E-state index contributed by atoms with van der Waals surface area (Å²) >= 11 is 0. The minimum absolute atomic E-state index is 0.0205. The third-order valence-electron chi connectivity index (χ3n) is 8.15. The highest BCUT2D eigenvalue weighted by atomic mass is 32.2. The first-order valence-corrected chi connectivity index (χ1v) is 16.5. The fraction of sp³-hybridized carbons (Fsp3) is 0.536. The van der Waals surface area contributed by atoms with Gasteiger partial charge < -0.3 is 4.43 Å². The molecule has 0 bridgehead atoms. The molecule has 0 radical (unpaired) electrons. The number of allylic oxidation sites excluding steroid dienone is 4. The molecular formula is C28H40O4SSi. The van der Waals surface area contributed by atoms with Gasteiger partial charge in [-0.1, -0.05) is 84.5 Å². The molecule has 0 saturated carbocycles. The van der Waals surface area contributed by atoms with Crippen molar-refractivity contribution in [3.8, 4) is 0 Å². The third kappa shape index (κ3) is 4.82. The normalized spacial score (nSPS) is 29.9. The highest BCUT2D eigenvalue weighted by molar-refractivity contribution is 7.92. The number of benzene rings is 1. The number of ketones is 1. The number of carbonyl (C=O) groups excluding carboxylic acids is 1. The highest BCUT2D eigenvalue weighted by Gasteiger charge is 2.52. The lowest BCUT2D eigenvalue weighted by Gasteiger charge is -2.49. The zero-order chi connectivity index (χ0) is 25.7. The van der Waals surface area contributed by atoms with Crippen molar-refractivity contribution in [1.82, 2.24) is 0 Å². The van der Waals surface area contributed by atoms with Gasteiger partial charge in [-0.15, -0.1) is 0 Å². The molecule has 186 valence electrons. The quantitative estimate of drug-likeness (QED) is 0.268. The topological polar surface area (TPSA) is 60.4 Å². The van der Waals surface area contributed by atoms with Crippen molar-refractivity contribution in [3.63, 3.8) is 0 Å². The van der Waals surface area contributed by atoms with Crippen molar-refractivity contribution in [2.45, 2.75) is 82.3 Å². The fourth-order valence-electron chi connectivity index (χ4n) is 4.85. The largest absolute Gasteiger partial charge is 0.410 e. The predicted molar refractivity (Wildman–Crippen MR) is 142 cm³/mol. The molecule has 0 fully saturated rings. The van der Waals surface area contributed by atoms with Gasteiger partial charge in [0.1, 0.15) is 0 Å². The summed E-state index contributed by atoms with van der Waals surface area (Å²) in [6, 6.07) is 8.57. The zero-order valence-electron chi connectivity index (χ0n) is 21.9. The molecule has 4 nitrogen and oxygen atoms in total. The maximum atomic E-state index is 14.1. The second-order valence-corrected chi connectivity index (χ2v) is 19.2. The lowest BCUT2D eigenvalue weighted by atomic mass is 9.63. The molecule has 0 unspecified atom stereocenters. The Labute approximate surface area is 207 Å². The van der Waals surface area contributed by atoms with Gasteiger partial charge in [0, 0.05) is 11.3 Å². The van der Waals surface area contributed by atoms with Gasteiger partial charge >= 0.3 is 0 Å². The summed E-state index contributed by atoms with van der Waals surface area (Å²) < 4.78 is 35.1. The Morgan fingerprint density at radius 3 is 2.21 bits per heavy atom. The molecule has 0 aromatic heterocycles. The summed E-state index contributed by atoms with van der Waals surface area (Å²) in [5.41, 5.74) is -0.786. The van der Waals surface area contributed by atoms with Crippen LogP contribution in [-0.2, 0) is 19.1 Å². The Hall–Kier alpha value is -1.76. The Morgan fingerprint density at radius 2 is 1.65 bits per heavy atom. The van der Waals surface area contributed by atoms with E-state index in [-0.39, 0.29) is 21.8 Å². The summed E-state index contributed by atoms with van der Waals surface area (Å²) in [7, 11) is -5.89. The smallest absolute Gasteiger partial charge is 0.192 e. The molecule has 1 aromatic rings. The molecule has 0 heterocycles. The van der Waals surface area contributed by atoms with Crippen LogP contribution >= 0.6 is 0 Å². The van der Waals surface area contributed by atoms with Gasteiger partial charge in [0.25, 0.3) is 0 Å². The Bertz CT molecular complexity index is 1120. The Morgan fingerprint density at radius 1 is 1.06 bits per heavy atom. The minimum Gasteiger partial charge on any atom is -0.410 e. The number of hydrogen-bond donors (Lipinski definition) is 0. The summed E-state index contributed by atoms with van der Waals surface area (Å²) in [6.07, 6.45) is 7.64. The van der Waals surface area contributed by atoms with Crippen molar-refractivity contribution in [3.05, 3.63) is 66.8 Å². The van der Waals surface area contributed by atoms with Crippen LogP contribution in [0.3, 0.4) is 0 Å². The standard InChI is InChI=1S/C28H40O4SSi/c1-20-22(29)15-17-28(7)18-16-24(32-34(8,9)26(2,3)4)27(5,6)19-23(25(20)28)33(30,31)21-13-11-10-12-14-21/h10-18,23-25H,1,19H2,2-9H3/t23-,24+,25+,28+/m1/s1. The highest BCUT2D eigenvalue weighted by Crippen LogP contribution is 2.51. The first-order valence-electron chi connectivity index (χ1n) is 12.0. The van der Waals surface area contributed by atoms with Crippen LogP contribution in [0.2, 0.25) is 18.1 Å². The molecule has 0 spiro atoms. The molecule has 6 heteroatoms. The molecule has 2 aliphatic carbocycles. The van der Waals surface area contributed by atoms with E-state index in [4.69, 9.17) is 4.43 Å². The van der Waals surface area contributed by atoms with Gasteiger partial charge in [0.15, 0.2) is 23.9 Å². The van der Waals surface area contributed by atoms with E-state index in [1.165, 1.54) is 6.08 Å². The number of sulfone groups is 1. The van der Waals surface area contributed by atoms with Crippen LogP contribution in [0.15, 0.2) is 71.7 Å². The maximum Gasteiger partial charge on any atom is 0.192 e. The van der Waals surface area contributed by atoms with Gasteiger partial charge in [-0.25, -0.2) is 8.42 Å². The van der Waals surface area contributed by atoms with Crippen molar-refractivity contribution in [2.75, 3.05) is 0 Å². The second-order valence-electron chi connectivity index (χ2n) is 12.3. The predicted octanol–water partition coefficient (Wildman–Crippen LogP) is 6.52. The van der Waals surface area contributed by atoms with Crippen LogP contribution in [0.4, 0.5) is 0 Å². The van der Waals surface area contributed by atoms with Crippen LogP contribution in [0, 0.1) is 16.7 Å². The number of hydrogen-bond acceptors (Lipinski definition) is 4. The van der Waals surface area contributed by atoms with Gasteiger partial charge in [-0.2, -0.15) is 0 Å². The third-order valence-corrected chi connectivity index (χ3v) is 14.8. The van der Waals surface area contributed by atoms with E-state index in [2.05, 4.69) is 66.4 Å². The van der Waals surface area contributed by atoms with Gasteiger partial charge in [-0.3, -0.25) is 4.79 Å². The lowest BCUT2D eigenvalue weighted by Crippen LogP contribution is -2.52. The van der Waals surface area contributed by atoms with Crippen molar-refractivity contribution >= 4 is 23.9 Å². The number of rotatable bonds is 4. The van der Waals surface area contributed by atoms with Gasteiger partial charge in [0.05, 0.1) is 16.2 Å². The van der Waals surface area contributed by atoms with Crippen molar-refractivity contribution in [1.29, 1.82) is 0 Å². The van der Waals surface area contributed by atoms with Crippen LogP contribution < -0.4 is 0 Å². The van der Waals surface area contributed by atoms with Crippen LogP contribution in [0.25, 0.3) is 0 Å². The van der Waals surface area contributed by atoms with E-state index in [0.29, 0.717) is 12.0 Å². The second kappa shape index (κ2) is 8.72. The monoisotopic (exact) mass is 500 g/mol. The van der Waals surface area contributed by atoms with E-state index in [0.717, 1.165) is 0 Å². The Kier molecular flexibility index (Phi) is 6.88. The molecule has 0 aliphatic heterocycles. The molecule has 4 atom stereocenters. The van der Waals surface area contributed by atoms with Crippen LogP contribution in [-0.4, -0.2) is 33.9 Å². The van der Waals surface area contributed by atoms with Gasteiger partial charge in [-0.05, 0) is 53.7 Å². The summed E-state index contributed by atoms with van der Waals surface area (Å²) in [4.78, 5) is 13.0. The maximum absolute atomic E-state index is 14.1. The number of fused-ring (bicyclic) bond motifs is 1. The summed E-state index contributed by atoms with van der Waals surface area (Å²) in [5, 5.41) is -0.793. The Balaban J connectivity index is 2.21. The van der Waals surface area contributed by atoms with Crippen LogP contribution in [0.1, 0.15) is 48.0 Å². The SMILES string of the molecule is C=C1C(=O)C=C[C@@]2(C)C=C[C@H](O[Si](C)(C)C(C)(C)C)C(C)(C)C[C@@H](S(=O)(=O)c3ccccc3)[C@H]12. The van der Waals surface area contributed by atoms with Crippen molar-refractivity contribution < 1.29 is 17.6 Å². The molecule has 34 heavy (non-hydrogen) atoms.